The molecule has 2 aromatic heterocycles. The molecule has 130 valence electrons. The number of imidazole rings is 1. The highest BCUT2D eigenvalue weighted by Gasteiger charge is 2.29. The zero-order chi connectivity index (χ0) is 17.6. The predicted octanol–water partition coefficient (Wildman–Crippen LogP) is 4.25. The summed E-state index contributed by atoms with van der Waals surface area (Å²) in [6.45, 7) is 5.26. The number of fused-ring (bicyclic) bond motifs is 1. The monoisotopic (exact) mass is 335 g/mol. The normalized spacial score (nSPS) is 14.4. The first-order valence-electron chi connectivity index (χ1n) is 9.32. The lowest BCUT2D eigenvalue weighted by Gasteiger charge is -2.10. The van der Waals surface area contributed by atoms with Crippen LogP contribution in [-0.2, 0) is 20.0 Å². The Morgan fingerprint density at radius 2 is 1.96 bits per heavy atom. The van der Waals surface area contributed by atoms with Crippen molar-refractivity contribution < 1.29 is 0 Å². The molecule has 0 aliphatic heterocycles. The Hall–Kier alpha value is -2.36. The van der Waals surface area contributed by atoms with Gasteiger partial charge >= 0.3 is 0 Å². The summed E-state index contributed by atoms with van der Waals surface area (Å²) in [6, 6.07) is 8.52. The molecule has 0 unspecified atom stereocenters. The number of pyridine rings is 1. The van der Waals surface area contributed by atoms with E-state index in [4.69, 9.17) is 4.98 Å². The Labute approximate surface area is 148 Å². The molecular formula is C21H25N3O. The molecule has 0 spiro atoms. The SMILES string of the molecule is CCCn1c(C2CC2)nc2ccc(-c3cc(CC)c(=O)n(C)c3)cc21. The molecule has 0 N–H and O–H groups in total. The van der Waals surface area contributed by atoms with Crippen molar-refractivity contribution in [2.75, 3.05) is 0 Å². The molecule has 3 aromatic rings. The predicted molar refractivity (Wildman–Crippen MR) is 102 cm³/mol. The molecule has 1 saturated carbocycles. The van der Waals surface area contributed by atoms with Gasteiger partial charge in [0.05, 0.1) is 11.0 Å². The highest BCUT2D eigenvalue weighted by Crippen LogP contribution is 2.41. The first-order valence-corrected chi connectivity index (χ1v) is 9.32. The number of benzene rings is 1. The lowest BCUT2D eigenvalue weighted by Crippen LogP contribution is -2.20. The third-order valence-corrected chi connectivity index (χ3v) is 5.14. The average Bonchev–Trinajstić information content (AvgIpc) is 3.40. The Balaban J connectivity index is 1.87. The van der Waals surface area contributed by atoms with E-state index in [1.54, 1.807) is 4.57 Å². The summed E-state index contributed by atoms with van der Waals surface area (Å²) in [5, 5.41) is 0. The maximum absolute atomic E-state index is 12.2. The lowest BCUT2D eigenvalue weighted by molar-refractivity contribution is 0.656. The largest absolute Gasteiger partial charge is 0.328 e. The van der Waals surface area contributed by atoms with E-state index >= 15 is 0 Å². The van der Waals surface area contributed by atoms with Gasteiger partial charge in [-0.15, -0.1) is 0 Å². The minimum absolute atomic E-state index is 0.0966. The van der Waals surface area contributed by atoms with Crippen molar-refractivity contribution in [1.82, 2.24) is 14.1 Å². The van der Waals surface area contributed by atoms with E-state index in [0.29, 0.717) is 5.92 Å². The van der Waals surface area contributed by atoms with Gasteiger partial charge < -0.3 is 9.13 Å². The topological polar surface area (TPSA) is 39.8 Å². The molecule has 1 aromatic carbocycles. The van der Waals surface area contributed by atoms with E-state index < -0.39 is 0 Å². The van der Waals surface area contributed by atoms with Gasteiger partial charge in [-0.2, -0.15) is 0 Å². The first kappa shape index (κ1) is 16.1. The van der Waals surface area contributed by atoms with Crippen LogP contribution in [0.1, 0.15) is 50.4 Å². The number of rotatable bonds is 5. The molecule has 1 aliphatic rings. The van der Waals surface area contributed by atoms with Crippen LogP contribution in [-0.4, -0.2) is 14.1 Å². The Morgan fingerprint density at radius 1 is 1.16 bits per heavy atom. The second-order valence-electron chi connectivity index (χ2n) is 7.12. The number of hydrogen-bond donors (Lipinski definition) is 0. The Morgan fingerprint density at radius 3 is 2.64 bits per heavy atom. The number of nitrogens with zero attached hydrogens (tertiary/aromatic N) is 3. The van der Waals surface area contributed by atoms with E-state index in [1.165, 1.54) is 24.2 Å². The van der Waals surface area contributed by atoms with Crippen LogP contribution in [0.3, 0.4) is 0 Å². The molecule has 0 atom stereocenters. The van der Waals surface area contributed by atoms with Crippen molar-refractivity contribution in [2.24, 2.45) is 7.05 Å². The summed E-state index contributed by atoms with van der Waals surface area (Å²) >= 11 is 0. The van der Waals surface area contributed by atoms with E-state index in [9.17, 15) is 4.79 Å². The van der Waals surface area contributed by atoms with Crippen molar-refractivity contribution in [1.29, 1.82) is 0 Å². The van der Waals surface area contributed by atoms with Crippen molar-refractivity contribution in [3.05, 3.63) is 52.2 Å². The van der Waals surface area contributed by atoms with Gasteiger partial charge in [0.2, 0.25) is 0 Å². The van der Waals surface area contributed by atoms with Crippen LogP contribution in [0.25, 0.3) is 22.2 Å². The molecule has 1 fully saturated rings. The summed E-state index contributed by atoms with van der Waals surface area (Å²) in [7, 11) is 1.83. The van der Waals surface area contributed by atoms with E-state index in [-0.39, 0.29) is 5.56 Å². The van der Waals surface area contributed by atoms with Gasteiger partial charge in [0, 0.05) is 31.3 Å². The van der Waals surface area contributed by atoms with Gasteiger partial charge in [-0.25, -0.2) is 4.98 Å². The molecule has 1 aliphatic carbocycles. The van der Waals surface area contributed by atoms with E-state index in [1.807, 2.05) is 26.2 Å². The second-order valence-corrected chi connectivity index (χ2v) is 7.12. The van der Waals surface area contributed by atoms with E-state index in [2.05, 4.69) is 29.7 Å². The van der Waals surface area contributed by atoms with Crippen LogP contribution in [0.15, 0.2) is 35.3 Å². The van der Waals surface area contributed by atoms with Crippen LogP contribution in [0, 0.1) is 0 Å². The minimum Gasteiger partial charge on any atom is -0.328 e. The Kier molecular flexibility index (Phi) is 3.98. The molecule has 0 radical (unpaired) electrons. The lowest BCUT2D eigenvalue weighted by atomic mass is 10.0. The molecular weight excluding hydrogens is 310 g/mol. The fourth-order valence-corrected chi connectivity index (χ4v) is 3.62. The van der Waals surface area contributed by atoms with Crippen molar-refractivity contribution in [2.45, 2.75) is 52.0 Å². The Bertz CT molecular complexity index is 992. The smallest absolute Gasteiger partial charge is 0.253 e. The molecule has 25 heavy (non-hydrogen) atoms. The molecule has 4 heteroatoms. The molecule has 4 rings (SSSR count). The van der Waals surface area contributed by atoms with Gasteiger partial charge in [-0.1, -0.05) is 19.9 Å². The minimum atomic E-state index is 0.0966. The molecule has 2 heterocycles. The molecule has 0 bridgehead atoms. The second kappa shape index (κ2) is 6.17. The van der Waals surface area contributed by atoms with Crippen LogP contribution in [0.5, 0.6) is 0 Å². The summed E-state index contributed by atoms with van der Waals surface area (Å²) in [6.07, 6.45) is 6.32. The zero-order valence-corrected chi connectivity index (χ0v) is 15.2. The zero-order valence-electron chi connectivity index (χ0n) is 15.2. The third kappa shape index (κ3) is 2.80. The van der Waals surface area contributed by atoms with Crippen LogP contribution in [0.2, 0.25) is 0 Å². The highest BCUT2D eigenvalue weighted by molar-refractivity contribution is 5.83. The van der Waals surface area contributed by atoms with Gasteiger partial charge in [0.1, 0.15) is 5.82 Å². The number of hydrogen-bond acceptors (Lipinski definition) is 2. The maximum atomic E-state index is 12.2. The van der Waals surface area contributed by atoms with Crippen LogP contribution in [0.4, 0.5) is 0 Å². The molecule has 4 nitrogen and oxygen atoms in total. The maximum Gasteiger partial charge on any atom is 0.253 e. The van der Waals surface area contributed by atoms with Gasteiger partial charge in [0.25, 0.3) is 5.56 Å². The number of aryl methyl sites for hydroxylation is 3. The van der Waals surface area contributed by atoms with Crippen molar-refractivity contribution in [3.8, 4) is 11.1 Å². The summed E-state index contributed by atoms with van der Waals surface area (Å²) in [5.74, 6) is 1.90. The quantitative estimate of drug-likeness (QED) is 0.699. The van der Waals surface area contributed by atoms with Gasteiger partial charge in [-0.3, -0.25) is 4.79 Å². The molecule has 0 amide bonds. The summed E-state index contributed by atoms with van der Waals surface area (Å²) in [4.78, 5) is 17.1. The number of aromatic nitrogens is 3. The average molecular weight is 335 g/mol. The summed E-state index contributed by atoms with van der Waals surface area (Å²) in [5.41, 5.74) is 5.50. The van der Waals surface area contributed by atoms with Crippen molar-refractivity contribution >= 4 is 11.0 Å². The van der Waals surface area contributed by atoms with Gasteiger partial charge in [0.15, 0.2) is 0 Å². The molecule has 0 saturated heterocycles. The fourth-order valence-electron chi connectivity index (χ4n) is 3.62. The standard InChI is InChI=1S/C21H25N3O/c1-4-10-24-19-12-16(8-9-18(19)22-20(24)15-6-7-15)17-11-14(5-2)21(25)23(3)13-17/h8-9,11-13,15H,4-7,10H2,1-3H3. The van der Waals surface area contributed by atoms with Crippen LogP contribution < -0.4 is 5.56 Å². The highest BCUT2D eigenvalue weighted by atomic mass is 16.1. The van der Waals surface area contributed by atoms with Gasteiger partial charge in [-0.05, 0) is 55.0 Å². The summed E-state index contributed by atoms with van der Waals surface area (Å²) < 4.78 is 4.09. The van der Waals surface area contributed by atoms with Crippen molar-refractivity contribution in [3.63, 3.8) is 0 Å². The first-order chi connectivity index (χ1) is 12.1. The van der Waals surface area contributed by atoms with E-state index in [0.717, 1.165) is 41.6 Å². The third-order valence-electron chi connectivity index (χ3n) is 5.14. The fraction of sp³-hybridized carbons (Fsp3) is 0.429. The van der Waals surface area contributed by atoms with Crippen LogP contribution >= 0.6 is 0 Å².